The Morgan fingerprint density at radius 2 is 2.21 bits per heavy atom. The summed E-state index contributed by atoms with van der Waals surface area (Å²) in [6.45, 7) is 4.33. The fraction of sp³-hybridized carbons (Fsp3) is 0.611. The van der Waals surface area contributed by atoms with Gasteiger partial charge in [0.25, 0.3) is 11.6 Å². The lowest BCUT2D eigenvalue weighted by Gasteiger charge is -2.36. The lowest BCUT2D eigenvalue weighted by Crippen LogP contribution is -2.47. The minimum Gasteiger partial charge on any atom is -0.388 e. The van der Waals surface area contributed by atoms with Crippen molar-refractivity contribution in [2.24, 2.45) is 0 Å². The first-order valence-corrected chi connectivity index (χ1v) is 8.78. The molecule has 0 atom stereocenters. The van der Waals surface area contributed by atoms with Gasteiger partial charge in [0.2, 0.25) is 0 Å². The molecule has 0 bridgehead atoms. The lowest BCUT2D eigenvalue weighted by molar-refractivity contribution is -0.0300. The van der Waals surface area contributed by atoms with Crippen LogP contribution in [0.25, 0.3) is 11.1 Å². The molecule has 6 heteroatoms. The normalized spacial score (nSPS) is 19.5. The van der Waals surface area contributed by atoms with Crippen LogP contribution in [0.3, 0.4) is 0 Å². The van der Waals surface area contributed by atoms with Gasteiger partial charge in [0.1, 0.15) is 0 Å². The Hall–Kier alpha value is -1.95. The van der Waals surface area contributed by atoms with Crippen LogP contribution < -0.4 is 5.32 Å². The molecular formula is C18H23N3O3. The number of hydrogen-bond acceptors (Lipinski definition) is 5. The van der Waals surface area contributed by atoms with E-state index in [1.807, 2.05) is 19.9 Å². The van der Waals surface area contributed by atoms with Gasteiger partial charge < -0.3 is 14.9 Å². The summed E-state index contributed by atoms with van der Waals surface area (Å²) >= 11 is 0. The molecule has 0 aliphatic heterocycles. The van der Waals surface area contributed by atoms with E-state index in [9.17, 15) is 9.90 Å². The minimum absolute atomic E-state index is 0.141. The van der Waals surface area contributed by atoms with Gasteiger partial charge >= 0.3 is 0 Å². The van der Waals surface area contributed by atoms with Crippen molar-refractivity contribution in [2.45, 2.75) is 63.4 Å². The van der Waals surface area contributed by atoms with Crippen LogP contribution in [0.15, 0.2) is 10.6 Å². The molecule has 2 aromatic heterocycles. The van der Waals surface area contributed by atoms with Crippen molar-refractivity contribution in [3.8, 4) is 0 Å². The van der Waals surface area contributed by atoms with E-state index in [1.54, 1.807) is 0 Å². The number of nitrogens with zero attached hydrogens (tertiary/aromatic N) is 2. The summed E-state index contributed by atoms with van der Waals surface area (Å²) < 4.78 is 5.41. The van der Waals surface area contributed by atoms with Crippen LogP contribution in [0.4, 0.5) is 0 Å². The predicted molar refractivity (Wildman–Crippen MR) is 89.0 cm³/mol. The van der Waals surface area contributed by atoms with E-state index in [0.29, 0.717) is 22.6 Å². The molecule has 2 aliphatic carbocycles. The van der Waals surface area contributed by atoms with Gasteiger partial charge in [-0.2, -0.15) is 0 Å². The summed E-state index contributed by atoms with van der Waals surface area (Å²) in [4.78, 5) is 17.4. The fourth-order valence-corrected chi connectivity index (χ4v) is 3.26. The number of aliphatic hydroxyl groups is 1. The SMILES string of the molecule is CC(C)c1noc2nc(C3CC3)cc(C(=O)NCC3(O)CCC3)c12. The Morgan fingerprint density at radius 1 is 1.46 bits per heavy atom. The van der Waals surface area contributed by atoms with Crippen LogP contribution >= 0.6 is 0 Å². The molecule has 2 aliphatic rings. The maximum Gasteiger partial charge on any atom is 0.259 e. The first kappa shape index (κ1) is 15.6. The number of carbonyl (C=O) groups excluding carboxylic acids is 1. The third-order valence-corrected chi connectivity index (χ3v) is 5.14. The van der Waals surface area contributed by atoms with Crippen molar-refractivity contribution in [1.29, 1.82) is 0 Å². The molecule has 6 nitrogen and oxygen atoms in total. The summed E-state index contributed by atoms with van der Waals surface area (Å²) in [7, 11) is 0. The summed E-state index contributed by atoms with van der Waals surface area (Å²) in [5.74, 6) is 0.376. The highest BCUT2D eigenvalue weighted by molar-refractivity contribution is 6.06. The Balaban J connectivity index is 1.70. The minimum atomic E-state index is -0.739. The van der Waals surface area contributed by atoms with Crippen molar-refractivity contribution < 1.29 is 14.4 Å². The average Bonchev–Trinajstić information content (AvgIpc) is 3.28. The average molecular weight is 329 g/mol. The maximum atomic E-state index is 12.8. The molecular weight excluding hydrogens is 306 g/mol. The van der Waals surface area contributed by atoms with Crippen molar-refractivity contribution in [1.82, 2.24) is 15.5 Å². The standard InChI is InChI=1S/C18H23N3O3/c1-10(2)15-14-12(16(22)19-9-18(23)6-3-7-18)8-13(11-4-5-11)20-17(14)24-21-15/h8,10-11,23H,3-7,9H2,1-2H3,(H,19,22). The van der Waals surface area contributed by atoms with Crippen LogP contribution in [0.5, 0.6) is 0 Å². The quantitative estimate of drug-likeness (QED) is 0.880. The van der Waals surface area contributed by atoms with Gasteiger partial charge in [-0.3, -0.25) is 4.79 Å². The van der Waals surface area contributed by atoms with Gasteiger partial charge in [0.15, 0.2) is 0 Å². The number of rotatable bonds is 5. The van der Waals surface area contributed by atoms with Gasteiger partial charge in [-0.05, 0) is 44.1 Å². The Kier molecular flexibility index (Phi) is 3.60. The highest BCUT2D eigenvalue weighted by Crippen LogP contribution is 2.41. The highest BCUT2D eigenvalue weighted by Gasteiger charge is 2.35. The molecule has 24 heavy (non-hydrogen) atoms. The van der Waals surface area contributed by atoms with Gasteiger partial charge in [-0.1, -0.05) is 19.0 Å². The number of amides is 1. The summed E-state index contributed by atoms with van der Waals surface area (Å²) in [6.07, 6.45) is 4.71. The van der Waals surface area contributed by atoms with Crippen LogP contribution in [0, 0.1) is 0 Å². The number of pyridine rings is 1. The fourth-order valence-electron chi connectivity index (χ4n) is 3.26. The molecule has 2 fully saturated rings. The summed E-state index contributed by atoms with van der Waals surface area (Å²) in [5, 5.41) is 17.9. The maximum absolute atomic E-state index is 12.8. The number of carbonyl (C=O) groups is 1. The van der Waals surface area contributed by atoms with Gasteiger partial charge in [-0.25, -0.2) is 4.98 Å². The van der Waals surface area contributed by atoms with Crippen molar-refractivity contribution >= 4 is 17.0 Å². The van der Waals surface area contributed by atoms with E-state index in [2.05, 4.69) is 15.5 Å². The van der Waals surface area contributed by atoms with Crippen LogP contribution in [-0.4, -0.2) is 33.3 Å². The third-order valence-electron chi connectivity index (χ3n) is 5.14. The smallest absolute Gasteiger partial charge is 0.259 e. The summed E-state index contributed by atoms with van der Waals surface area (Å²) in [5.41, 5.74) is 1.93. The molecule has 2 saturated carbocycles. The zero-order valence-electron chi connectivity index (χ0n) is 14.1. The van der Waals surface area contributed by atoms with E-state index in [1.165, 1.54) is 0 Å². The van der Waals surface area contributed by atoms with Crippen molar-refractivity contribution in [3.63, 3.8) is 0 Å². The molecule has 0 spiro atoms. The van der Waals surface area contributed by atoms with Crippen LogP contribution in [0.1, 0.15) is 79.5 Å². The molecule has 2 N–H and O–H groups in total. The molecule has 0 saturated heterocycles. The molecule has 4 rings (SSSR count). The van der Waals surface area contributed by atoms with E-state index in [-0.39, 0.29) is 18.4 Å². The Labute approximate surface area is 140 Å². The highest BCUT2D eigenvalue weighted by atomic mass is 16.5. The van der Waals surface area contributed by atoms with Crippen LogP contribution in [-0.2, 0) is 0 Å². The zero-order valence-corrected chi connectivity index (χ0v) is 14.1. The van der Waals surface area contributed by atoms with Crippen molar-refractivity contribution in [2.75, 3.05) is 6.54 Å². The Bertz CT molecular complexity index is 788. The second kappa shape index (κ2) is 5.55. The topological polar surface area (TPSA) is 88.2 Å². The Morgan fingerprint density at radius 3 is 2.79 bits per heavy atom. The molecule has 2 heterocycles. The molecule has 128 valence electrons. The van der Waals surface area contributed by atoms with Crippen molar-refractivity contribution in [3.05, 3.63) is 23.0 Å². The predicted octanol–water partition coefficient (Wildman–Crippen LogP) is 2.87. The van der Waals surface area contributed by atoms with Crippen LogP contribution in [0.2, 0.25) is 0 Å². The molecule has 2 aromatic rings. The third kappa shape index (κ3) is 2.69. The van der Waals surface area contributed by atoms with E-state index < -0.39 is 5.60 Å². The van der Waals surface area contributed by atoms with Gasteiger partial charge in [-0.15, -0.1) is 0 Å². The van der Waals surface area contributed by atoms with E-state index in [0.717, 1.165) is 43.5 Å². The second-order valence-electron chi connectivity index (χ2n) is 7.53. The number of aromatic nitrogens is 2. The monoisotopic (exact) mass is 329 g/mol. The van der Waals surface area contributed by atoms with E-state index >= 15 is 0 Å². The number of hydrogen-bond donors (Lipinski definition) is 2. The number of nitrogens with one attached hydrogen (secondary N) is 1. The first-order valence-electron chi connectivity index (χ1n) is 8.78. The largest absolute Gasteiger partial charge is 0.388 e. The molecule has 0 aromatic carbocycles. The summed E-state index contributed by atoms with van der Waals surface area (Å²) in [6, 6.07) is 1.88. The van der Waals surface area contributed by atoms with Gasteiger partial charge in [0.05, 0.1) is 22.2 Å². The number of fused-ring (bicyclic) bond motifs is 1. The first-order chi connectivity index (χ1) is 11.5. The van der Waals surface area contributed by atoms with E-state index in [4.69, 9.17) is 4.52 Å². The molecule has 0 unspecified atom stereocenters. The molecule has 1 amide bonds. The van der Waals surface area contributed by atoms with Gasteiger partial charge in [0, 0.05) is 18.2 Å². The zero-order chi connectivity index (χ0) is 16.9. The second-order valence-corrected chi connectivity index (χ2v) is 7.53. The molecule has 0 radical (unpaired) electrons. The lowest BCUT2D eigenvalue weighted by atomic mass is 9.80.